The summed E-state index contributed by atoms with van der Waals surface area (Å²) in [5, 5.41) is 0. The Morgan fingerprint density at radius 3 is 1.93 bits per heavy atom. The van der Waals surface area contributed by atoms with Crippen molar-refractivity contribution in [2.45, 2.75) is 44.4 Å². The molecule has 1 aromatic carbocycles. The first kappa shape index (κ1) is 14.4. The van der Waals surface area contributed by atoms with E-state index in [-0.39, 0.29) is 29.6 Å². The van der Waals surface area contributed by atoms with Crippen LogP contribution in [0.1, 0.15) is 50.7 Å². The van der Waals surface area contributed by atoms with Gasteiger partial charge in [0.2, 0.25) is 0 Å². The summed E-state index contributed by atoms with van der Waals surface area (Å²) < 4.78 is 0. The molecule has 1 rings (SSSR count). The average molecular weight is 216 g/mol. The molecule has 14 heavy (non-hydrogen) atoms. The van der Waals surface area contributed by atoms with Crippen molar-refractivity contribution in [1.82, 2.24) is 0 Å². The minimum atomic E-state index is 0. The summed E-state index contributed by atoms with van der Waals surface area (Å²) in [7, 11) is 0. The Balaban J connectivity index is 0.00000169. The monoisotopic (exact) mass is 216 g/mol. The maximum Gasteiger partial charge on any atom is 1.00 e. The fraction of sp³-hybridized carbons (Fsp3) is 0.500. The van der Waals surface area contributed by atoms with Gasteiger partial charge in [-0.3, -0.25) is 0 Å². The molecule has 0 atom stereocenters. The van der Waals surface area contributed by atoms with Crippen LogP contribution < -0.4 is 29.6 Å². The molecule has 0 nitrogen and oxygen atoms in total. The number of benzene rings is 1. The zero-order valence-electron chi connectivity index (χ0n) is 9.79. The molecule has 0 radical (unpaired) electrons. The van der Waals surface area contributed by atoms with Gasteiger partial charge in [0.15, 0.2) is 0 Å². The quantitative estimate of drug-likeness (QED) is 0.521. The zero-order valence-corrected chi connectivity index (χ0v) is 12.6. The Morgan fingerprint density at radius 2 is 1.57 bits per heavy atom. The van der Waals surface area contributed by atoms with Gasteiger partial charge in [0.05, 0.1) is 0 Å². The van der Waals surface area contributed by atoms with Crippen LogP contribution in [0.3, 0.4) is 0 Å². The van der Waals surface area contributed by atoms with E-state index in [0.717, 1.165) is 4.90 Å². The van der Waals surface area contributed by atoms with Crippen LogP contribution in [0.25, 0.3) is 0 Å². The van der Waals surface area contributed by atoms with E-state index >= 15 is 0 Å². The van der Waals surface area contributed by atoms with Gasteiger partial charge in [0.25, 0.3) is 0 Å². The third kappa shape index (κ3) is 3.54. The van der Waals surface area contributed by atoms with Crippen molar-refractivity contribution in [2.75, 3.05) is 0 Å². The van der Waals surface area contributed by atoms with E-state index in [9.17, 15) is 0 Å². The van der Waals surface area contributed by atoms with Crippen LogP contribution in [-0.4, -0.2) is 0 Å². The second-order valence-electron chi connectivity index (χ2n) is 4.11. The van der Waals surface area contributed by atoms with Gasteiger partial charge in [-0.05, 0) is 17.4 Å². The Hall–Kier alpha value is 0.440. The molecule has 0 aromatic heterocycles. The van der Waals surface area contributed by atoms with Crippen molar-refractivity contribution in [2.24, 2.45) is 0 Å². The summed E-state index contributed by atoms with van der Waals surface area (Å²) in [4.78, 5) is 1.02. The van der Waals surface area contributed by atoms with Crippen LogP contribution in [0.5, 0.6) is 0 Å². The van der Waals surface area contributed by atoms with Crippen molar-refractivity contribution in [3.05, 3.63) is 29.3 Å². The van der Waals surface area contributed by atoms with Crippen molar-refractivity contribution in [1.29, 1.82) is 0 Å². The molecule has 1 aromatic rings. The summed E-state index contributed by atoms with van der Waals surface area (Å²) in [5.41, 5.74) is 2.63. The predicted molar refractivity (Wildman–Crippen MR) is 60.3 cm³/mol. The third-order valence-electron chi connectivity index (χ3n) is 2.33. The Kier molecular flexibility index (Phi) is 6.31. The second-order valence-corrected chi connectivity index (χ2v) is 4.55. The first-order chi connectivity index (χ1) is 6.02. The minimum absolute atomic E-state index is 0. The first-order valence-electron chi connectivity index (χ1n) is 4.83. The number of hydrogen-bond donors (Lipinski definition) is 0. The van der Waals surface area contributed by atoms with Crippen molar-refractivity contribution in [3.63, 3.8) is 0 Å². The van der Waals surface area contributed by atoms with Gasteiger partial charge in [-0.15, -0.1) is 0 Å². The summed E-state index contributed by atoms with van der Waals surface area (Å²) in [6.07, 6.45) is 0. The molecule has 2 heteroatoms. The smallest absolute Gasteiger partial charge is 0.779 e. The molecule has 0 N–H and O–H groups in total. The third-order valence-corrected chi connectivity index (χ3v) is 2.68. The predicted octanol–water partition coefficient (Wildman–Crippen LogP) is 0.843. The van der Waals surface area contributed by atoms with E-state index in [1.54, 1.807) is 0 Å². The molecule has 0 heterocycles. The molecule has 0 saturated carbocycles. The molecule has 0 unspecified atom stereocenters. The molecule has 0 fully saturated rings. The summed E-state index contributed by atoms with van der Waals surface area (Å²) >= 11 is 5.34. The van der Waals surface area contributed by atoms with Crippen LogP contribution in [0.2, 0.25) is 0 Å². The largest absolute Gasteiger partial charge is 1.00 e. The molecular formula is C12H17NaS. The SMILES string of the molecule is CC(C)c1ccc(C(C)C)c([S-])c1.[Na+]. The molecule has 0 aliphatic heterocycles. The Morgan fingerprint density at radius 1 is 1.00 bits per heavy atom. The van der Waals surface area contributed by atoms with E-state index in [4.69, 9.17) is 12.6 Å². The van der Waals surface area contributed by atoms with Gasteiger partial charge in [-0.1, -0.05) is 51.5 Å². The van der Waals surface area contributed by atoms with E-state index in [1.165, 1.54) is 11.1 Å². The number of rotatable bonds is 2. The van der Waals surface area contributed by atoms with Gasteiger partial charge in [0, 0.05) is 0 Å². The molecule has 0 saturated heterocycles. The maximum absolute atomic E-state index is 5.34. The van der Waals surface area contributed by atoms with Crippen molar-refractivity contribution in [3.8, 4) is 0 Å². The summed E-state index contributed by atoms with van der Waals surface area (Å²) in [5.74, 6) is 1.11. The maximum atomic E-state index is 5.34. The van der Waals surface area contributed by atoms with E-state index in [1.807, 2.05) is 0 Å². The zero-order chi connectivity index (χ0) is 10.0. The number of hydrogen-bond acceptors (Lipinski definition) is 1. The fourth-order valence-electron chi connectivity index (χ4n) is 1.39. The minimum Gasteiger partial charge on any atom is -0.779 e. The molecule has 0 amide bonds. The molecule has 0 spiro atoms. The molecule has 0 aliphatic carbocycles. The van der Waals surface area contributed by atoms with Gasteiger partial charge < -0.3 is 12.6 Å². The van der Waals surface area contributed by atoms with Crippen LogP contribution in [0, 0.1) is 0 Å². The van der Waals surface area contributed by atoms with Crippen LogP contribution in [0.15, 0.2) is 23.1 Å². The fourth-order valence-corrected chi connectivity index (χ4v) is 1.83. The second kappa shape index (κ2) is 6.12. The van der Waals surface area contributed by atoms with Crippen molar-refractivity contribution >= 4 is 12.6 Å². The van der Waals surface area contributed by atoms with Crippen LogP contribution in [-0.2, 0) is 12.6 Å². The molecular weight excluding hydrogens is 199 g/mol. The van der Waals surface area contributed by atoms with Crippen LogP contribution >= 0.6 is 0 Å². The normalized spacial score (nSPS) is 10.4. The summed E-state index contributed by atoms with van der Waals surface area (Å²) in [6, 6.07) is 6.49. The molecule has 0 bridgehead atoms. The van der Waals surface area contributed by atoms with E-state index in [0.29, 0.717) is 11.8 Å². The summed E-state index contributed by atoms with van der Waals surface area (Å²) in [6.45, 7) is 8.75. The molecule has 0 aliphatic rings. The standard InChI is InChI=1S/C12H18S.Na/c1-8(2)10-5-6-11(9(3)4)12(13)7-10;/h5-9,13H,1-4H3;/q;+1/p-1. The Labute approximate surface area is 115 Å². The van der Waals surface area contributed by atoms with Gasteiger partial charge in [-0.2, -0.15) is 4.90 Å². The molecule has 72 valence electrons. The van der Waals surface area contributed by atoms with Gasteiger partial charge >= 0.3 is 29.6 Å². The average Bonchev–Trinajstić information content (AvgIpc) is 2.03. The van der Waals surface area contributed by atoms with Crippen LogP contribution in [0.4, 0.5) is 0 Å². The van der Waals surface area contributed by atoms with Crippen molar-refractivity contribution < 1.29 is 29.6 Å². The van der Waals surface area contributed by atoms with Gasteiger partial charge in [0.1, 0.15) is 0 Å². The Bertz CT molecular complexity index is 292. The topological polar surface area (TPSA) is 0 Å². The van der Waals surface area contributed by atoms with E-state index < -0.39 is 0 Å². The van der Waals surface area contributed by atoms with Gasteiger partial charge in [-0.25, -0.2) is 0 Å². The van der Waals surface area contributed by atoms with E-state index in [2.05, 4.69) is 45.9 Å². The first-order valence-corrected chi connectivity index (χ1v) is 5.24.